The summed E-state index contributed by atoms with van der Waals surface area (Å²) in [5, 5.41) is 29.6. The van der Waals surface area contributed by atoms with Gasteiger partial charge in [-0.05, 0) is 0 Å². The molecule has 1 heterocycles. The average molecular weight is 179 g/mol. The first-order valence-corrected chi connectivity index (χ1v) is 4.07. The van der Waals surface area contributed by atoms with E-state index in [1.54, 1.807) is 0 Å². The van der Waals surface area contributed by atoms with Crippen molar-refractivity contribution in [3.8, 4) is 0 Å². The summed E-state index contributed by atoms with van der Waals surface area (Å²) in [4.78, 5) is 0. The molecule has 4 N–H and O–H groups in total. The topological polar surface area (TPSA) is 72.7 Å². The van der Waals surface area contributed by atoms with Crippen molar-refractivity contribution < 1.29 is 15.3 Å². The van der Waals surface area contributed by atoms with Gasteiger partial charge in [0.05, 0.1) is 18.8 Å². The van der Waals surface area contributed by atoms with Crippen molar-refractivity contribution >= 4 is 12.6 Å². The highest BCUT2D eigenvalue weighted by molar-refractivity contribution is 7.81. The summed E-state index contributed by atoms with van der Waals surface area (Å²) in [6.45, 7) is 0.238. The predicted octanol–water partition coefficient (Wildman–Crippen LogP) is -2.03. The van der Waals surface area contributed by atoms with Gasteiger partial charge in [-0.3, -0.25) is 0 Å². The van der Waals surface area contributed by atoms with Crippen molar-refractivity contribution in [2.24, 2.45) is 0 Å². The fourth-order valence-electron chi connectivity index (χ4n) is 1.15. The lowest BCUT2D eigenvalue weighted by Gasteiger charge is -2.35. The van der Waals surface area contributed by atoms with Crippen LogP contribution in [0.4, 0.5) is 0 Å². The largest absolute Gasteiger partial charge is 0.395 e. The Labute approximate surface area is 70.6 Å². The van der Waals surface area contributed by atoms with Crippen LogP contribution in [-0.2, 0) is 0 Å². The van der Waals surface area contributed by atoms with E-state index in [2.05, 4.69) is 17.9 Å². The molecule has 66 valence electrons. The summed E-state index contributed by atoms with van der Waals surface area (Å²) >= 11 is 4.06. The van der Waals surface area contributed by atoms with E-state index >= 15 is 0 Å². The molecule has 4 nitrogen and oxygen atoms in total. The lowest BCUT2D eigenvalue weighted by molar-refractivity contribution is -0.0130. The Kier molecular flexibility index (Phi) is 3.15. The Bertz CT molecular complexity index is 133. The third kappa shape index (κ3) is 1.86. The van der Waals surface area contributed by atoms with E-state index in [1.165, 1.54) is 0 Å². The monoisotopic (exact) mass is 179 g/mol. The lowest BCUT2D eigenvalue weighted by atomic mass is 9.99. The molecule has 1 fully saturated rings. The Balaban J connectivity index is 2.52. The predicted molar refractivity (Wildman–Crippen MR) is 43.7 cm³/mol. The maximum Gasteiger partial charge on any atom is 0.0943 e. The van der Waals surface area contributed by atoms with Crippen LogP contribution in [0, 0.1) is 0 Å². The van der Waals surface area contributed by atoms with Crippen LogP contribution < -0.4 is 5.32 Å². The van der Waals surface area contributed by atoms with Gasteiger partial charge in [-0.15, -0.1) is 0 Å². The number of aliphatic hydroxyl groups is 3. The van der Waals surface area contributed by atoms with Crippen molar-refractivity contribution in [1.29, 1.82) is 0 Å². The minimum atomic E-state index is -0.850. The highest BCUT2D eigenvalue weighted by Crippen LogP contribution is 2.15. The zero-order chi connectivity index (χ0) is 8.43. The third-order valence-corrected chi connectivity index (χ3v) is 2.61. The van der Waals surface area contributed by atoms with E-state index in [4.69, 9.17) is 10.2 Å². The number of thiol groups is 1. The molecular formula is C6H13NO3S. The lowest BCUT2D eigenvalue weighted by Crippen LogP contribution is -2.58. The quantitative estimate of drug-likeness (QED) is 0.301. The number of hydrogen-bond acceptors (Lipinski definition) is 5. The summed E-state index contributed by atoms with van der Waals surface area (Å²) in [5.41, 5.74) is 0. The van der Waals surface area contributed by atoms with Gasteiger partial charge in [0.15, 0.2) is 0 Å². The van der Waals surface area contributed by atoms with Gasteiger partial charge in [-0.1, -0.05) is 0 Å². The highest BCUT2D eigenvalue weighted by Gasteiger charge is 2.34. The second-order valence-corrected chi connectivity index (χ2v) is 3.34. The molecule has 0 aromatic rings. The van der Waals surface area contributed by atoms with Gasteiger partial charge >= 0.3 is 0 Å². The van der Waals surface area contributed by atoms with Crippen molar-refractivity contribution in [3.63, 3.8) is 0 Å². The van der Waals surface area contributed by atoms with E-state index in [1.807, 2.05) is 0 Å². The smallest absolute Gasteiger partial charge is 0.0943 e. The van der Waals surface area contributed by atoms with Crippen LogP contribution >= 0.6 is 12.6 Å². The minimum Gasteiger partial charge on any atom is -0.395 e. The van der Waals surface area contributed by atoms with E-state index in [-0.39, 0.29) is 12.6 Å². The van der Waals surface area contributed by atoms with E-state index in [9.17, 15) is 5.11 Å². The van der Waals surface area contributed by atoms with E-state index < -0.39 is 17.5 Å². The third-order valence-electron chi connectivity index (χ3n) is 1.94. The molecular weight excluding hydrogens is 166 g/mol. The normalized spacial score (nSPS) is 45.8. The molecule has 4 atom stereocenters. The number of nitrogens with one attached hydrogen (secondary N) is 1. The van der Waals surface area contributed by atoms with Crippen molar-refractivity contribution in [1.82, 2.24) is 5.32 Å². The maximum atomic E-state index is 9.27. The molecule has 0 bridgehead atoms. The molecule has 0 aromatic heterocycles. The molecule has 0 unspecified atom stereocenters. The molecule has 0 aromatic carbocycles. The van der Waals surface area contributed by atoms with Gasteiger partial charge in [0.1, 0.15) is 0 Å². The van der Waals surface area contributed by atoms with Crippen LogP contribution in [0.1, 0.15) is 0 Å². The Morgan fingerprint density at radius 2 is 2.09 bits per heavy atom. The number of piperidine rings is 1. The van der Waals surface area contributed by atoms with Crippen molar-refractivity contribution in [2.75, 3.05) is 13.2 Å². The number of rotatable bonds is 1. The van der Waals surface area contributed by atoms with Crippen LogP contribution in [0.15, 0.2) is 0 Å². The van der Waals surface area contributed by atoms with Crippen molar-refractivity contribution in [3.05, 3.63) is 0 Å². The molecule has 0 radical (unpaired) electrons. The van der Waals surface area contributed by atoms with E-state index in [0.29, 0.717) is 6.54 Å². The summed E-state index contributed by atoms with van der Waals surface area (Å²) in [5.74, 6) is 0. The minimum absolute atomic E-state index is 0.0715. The summed E-state index contributed by atoms with van der Waals surface area (Å²) in [6, 6.07) is -0.225. The van der Waals surface area contributed by atoms with Crippen LogP contribution in [0.2, 0.25) is 0 Å². The SMILES string of the molecule is OC[C@H]1NC[C@H](O)[C@@H](O)[C@@H]1S. The highest BCUT2D eigenvalue weighted by atomic mass is 32.1. The van der Waals surface area contributed by atoms with Crippen LogP contribution in [0.3, 0.4) is 0 Å². The summed E-state index contributed by atoms with van der Waals surface area (Å²) < 4.78 is 0. The van der Waals surface area contributed by atoms with Gasteiger partial charge in [0.25, 0.3) is 0 Å². The van der Waals surface area contributed by atoms with Gasteiger partial charge in [0, 0.05) is 17.8 Å². The van der Waals surface area contributed by atoms with Crippen LogP contribution in [-0.4, -0.2) is 52.0 Å². The fraction of sp³-hybridized carbons (Fsp3) is 1.00. The first kappa shape index (κ1) is 9.28. The zero-order valence-electron chi connectivity index (χ0n) is 6.01. The number of aliphatic hydroxyl groups excluding tert-OH is 3. The first-order chi connectivity index (χ1) is 5.16. The molecule has 5 heteroatoms. The summed E-state index contributed by atoms with van der Waals surface area (Å²) in [7, 11) is 0. The van der Waals surface area contributed by atoms with Gasteiger partial charge in [0.2, 0.25) is 0 Å². The zero-order valence-corrected chi connectivity index (χ0v) is 6.91. The molecule has 1 saturated heterocycles. The molecule has 0 spiro atoms. The average Bonchev–Trinajstić information content (AvgIpc) is 2.01. The van der Waals surface area contributed by atoms with Crippen LogP contribution in [0.25, 0.3) is 0 Å². The molecule has 1 rings (SSSR count). The second-order valence-electron chi connectivity index (χ2n) is 2.75. The summed E-state index contributed by atoms with van der Waals surface area (Å²) in [6.07, 6.45) is -1.63. The standard InChI is InChI=1S/C6H13NO3S/c8-2-3-6(11)5(10)4(9)1-7-3/h3-11H,1-2H2/t3-,4+,5-,6-/m1/s1. The Morgan fingerprint density at radius 3 is 2.64 bits per heavy atom. The van der Waals surface area contributed by atoms with Crippen molar-refractivity contribution in [2.45, 2.75) is 23.5 Å². The van der Waals surface area contributed by atoms with E-state index in [0.717, 1.165) is 0 Å². The maximum absolute atomic E-state index is 9.27. The first-order valence-electron chi connectivity index (χ1n) is 3.55. The molecule has 1 aliphatic heterocycles. The van der Waals surface area contributed by atoms with Crippen LogP contribution in [0.5, 0.6) is 0 Å². The fourth-order valence-corrected chi connectivity index (χ4v) is 1.55. The molecule has 1 aliphatic rings. The molecule has 0 amide bonds. The molecule has 0 aliphatic carbocycles. The molecule has 0 saturated carbocycles. The Morgan fingerprint density at radius 1 is 1.45 bits per heavy atom. The number of β-amino-alcohol motifs (C(OH)–C–C–N with tert-alkyl or cyclic N) is 1. The van der Waals surface area contributed by atoms with Gasteiger partial charge < -0.3 is 20.6 Å². The molecule has 11 heavy (non-hydrogen) atoms. The Hall–Kier alpha value is 0.190. The van der Waals surface area contributed by atoms with Gasteiger partial charge in [-0.25, -0.2) is 0 Å². The number of hydrogen-bond donors (Lipinski definition) is 5. The van der Waals surface area contributed by atoms with Gasteiger partial charge in [-0.2, -0.15) is 12.6 Å². The second kappa shape index (κ2) is 3.73.